The molecule has 0 fully saturated rings. The highest BCUT2D eigenvalue weighted by Crippen LogP contribution is 2.43. The Morgan fingerprint density at radius 1 is 0.600 bits per heavy atom. The summed E-state index contributed by atoms with van der Waals surface area (Å²) in [4.78, 5) is 1.29. The van der Waals surface area contributed by atoms with Gasteiger partial charge in [-0.2, -0.15) is 4.58 Å². The second-order valence-corrected chi connectivity index (χ2v) is 12.3. The lowest BCUT2D eigenvalue weighted by Gasteiger charge is -2.14. The number of benzene rings is 6. The van der Waals surface area contributed by atoms with Crippen molar-refractivity contribution in [3.8, 4) is 16.1 Å². The van der Waals surface area contributed by atoms with E-state index >= 15 is 0 Å². The van der Waals surface area contributed by atoms with Crippen LogP contribution in [0.25, 0.3) is 48.0 Å². The molecule has 0 saturated carbocycles. The summed E-state index contributed by atoms with van der Waals surface area (Å²) in [7, 11) is 0. The minimum Gasteiger partial charge on any atom is -0.309 e. The van der Waals surface area contributed by atoms with Gasteiger partial charge < -0.3 is 4.57 Å². The lowest BCUT2D eigenvalue weighted by molar-refractivity contribution is -0.483. The molecule has 1 atom stereocenters. The lowest BCUT2D eigenvalue weighted by Crippen LogP contribution is -2.16. The summed E-state index contributed by atoms with van der Waals surface area (Å²) >= 11 is 1.87. The molecule has 4 nitrogen and oxygen atoms in total. The fraction of sp³-hybridized carbons (Fsp3) is 0.0250. The first-order chi connectivity index (χ1) is 22.3. The van der Waals surface area contributed by atoms with E-state index in [2.05, 4.69) is 155 Å². The predicted octanol–water partition coefficient (Wildman–Crippen LogP) is 10.9. The third-order valence-electron chi connectivity index (χ3n) is 8.61. The van der Waals surface area contributed by atoms with E-state index in [1.165, 1.54) is 42.3 Å². The van der Waals surface area contributed by atoms with Crippen LogP contribution in [0.4, 0.5) is 5.69 Å². The number of azo groups is 1. The van der Waals surface area contributed by atoms with Crippen LogP contribution in [-0.2, 0) is 0 Å². The fourth-order valence-electron chi connectivity index (χ4n) is 6.57. The number of hydrogen-bond donors (Lipinski definition) is 0. The second-order valence-electron chi connectivity index (χ2n) is 11.3. The number of thiophene rings is 1. The van der Waals surface area contributed by atoms with Gasteiger partial charge in [-0.3, -0.25) is 0 Å². The molecule has 0 spiro atoms. The normalized spacial score (nSPS) is 14.7. The zero-order valence-corrected chi connectivity index (χ0v) is 25.1. The van der Waals surface area contributed by atoms with E-state index < -0.39 is 0 Å². The van der Waals surface area contributed by atoms with E-state index in [9.17, 15) is 0 Å². The lowest BCUT2D eigenvalue weighted by atomic mass is 10.1. The molecule has 0 N–H and O–H groups in total. The molecule has 0 bridgehead atoms. The Balaban J connectivity index is 1.26. The van der Waals surface area contributed by atoms with Gasteiger partial charge in [-0.15, -0.1) is 11.3 Å². The van der Waals surface area contributed by atoms with Gasteiger partial charge in [-0.1, -0.05) is 109 Å². The molecule has 45 heavy (non-hydrogen) atoms. The molecule has 5 heteroatoms. The number of fused-ring (bicyclic) bond motifs is 5. The average Bonchev–Trinajstić information content (AvgIpc) is 3.83. The van der Waals surface area contributed by atoms with Crippen LogP contribution in [0.1, 0.15) is 17.3 Å². The Kier molecular flexibility index (Phi) is 6.03. The molecule has 9 rings (SSSR count). The summed E-state index contributed by atoms with van der Waals surface area (Å²) in [5.41, 5.74) is 7.92. The highest BCUT2D eigenvalue weighted by molar-refractivity contribution is 7.23. The van der Waals surface area contributed by atoms with Crippen LogP contribution in [-0.4, -0.2) is 15.0 Å². The second kappa shape index (κ2) is 10.5. The zero-order valence-electron chi connectivity index (χ0n) is 24.3. The standard InChI is InChI=1S/C40H27N4S/c1-4-13-27(14-5-1)36-25-30-23-24-35-37(38(30)45-36)33-21-10-11-22-34(33)43(35)31-19-12-20-32(26-31)44-39(28-15-6-2-7-16-28)41-42-40(44)29-17-8-3-9-18-29/h1-26,39H/q+1. The van der Waals surface area contributed by atoms with E-state index in [1.54, 1.807) is 0 Å². The molecule has 1 aliphatic heterocycles. The van der Waals surface area contributed by atoms with Crippen LogP contribution in [0, 0.1) is 0 Å². The quantitative estimate of drug-likeness (QED) is 0.177. The molecule has 0 saturated heterocycles. The van der Waals surface area contributed by atoms with Gasteiger partial charge in [0.2, 0.25) is 0 Å². The first-order valence-corrected chi connectivity index (χ1v) is 15.9. The van der Waals surface area contributed by atoms with Gasteiger partial charge in [0.25, 0.3) is 6.17 Å². The van der Waals surface area contributed by atoms with Gasteiger partial charge >= 0.3 is 5.84 Å². The Hall–Kier alpha value is -5.65. The van der Waals surface area contributed by atoms with E-state index in [-0.39, 0.29) is 6.17 Å². The Bertz CT molecular complexity index is 2420. The molecular weight excluding hydrogens is 569 g/mol. The molecule has 3 heterocycles. The van der Waals surface area contributed by atoms with Crippen molar-refractivity contribution in [3.05, 3.63) is 169 Å². The highest BCUT2D eigenvalue weighted by atomic mass is 32.1. The smallest absolute Gasteiger partial charge is 0.309 e. The highest BCUT2D eigenvalue weighted by Gasteiger charge is 2.35. The predicted molar refractivity (Wildman–Crippen MR) is 186 cm³/mol. The van der Waals surface area contributed by atoms with Crippen LogP contribution < -0.4 is 0 Å². The van der Waals surface area contributed by atoms with Crippen LogP contribution in [0.15, 0.2) is 168 Å². The van der Waals surface area contributed by atoms with Crippen LogP contribution in [0.5, 0.6) is 0 Å². The van der Waals surface area contributed by atoms with Gasteiger partial charge in [0.1, 0.15) is 5.69 Å². The Morgan fingerprint density at radius 2 is 1.31 bits per heavy atom. The van der Waals surface area contributed by atoms with Crippen LogP contribution in [0.3, 0.4) is 0 Å². The summed E-state index contributed by atoms with van der Waals surface area (Å²) in [6, 6.07) is 55.8. The van der Waals surface area contributed by atoms with Crippen molar-refractivity contribution in [2.45, 2.75) is 6.17 Å². The summed E-state index contributed by atoms with van der Waals surface area (Å²) in [5.74, 6) is 0.845. The summed E-state index contributed by atoms with van der Waals surface area (Å²) in [6.45, 7) is 0. The molecule has 2 aromatic heterocycles. The number of aromatic nitrogens is 1. The van der Waals surface area contributed by atoms with Gasteiger partial charge in [-0.25, -0.2) is 0 Å². The van der Waals surface area contributed by atoms with Crippen molar-refractivity contribution in [3.63, 3.8) is 0 Å². The van der Waals surface area contributed by atoms with Crippen molar-refractivity contribution in [1.82, 2.24) is 4.57 Å². The number of rotatable bonds is 5. The monoisotopic (exact) mass is 595 g/mol. The van der Waals surface area contributed by atoms with Crippen molar-refractivity contribution in [2.24, 2.45) is 10.2 Å². The number of para-hydroxylation sites is 1. The largest absolute Gasteiger partial charge is 0.360 e. The van der Waals surface area contributed by atoms with E-state index in [0.29, 0.717) is 0 Å². The summed E-state index contributed by atoms with van der Waals surface area (Å²) in [5, 5.41) is 13.4. The maximum absolute atomic E-state index is 4.78. The summed E-state index contributed by atoms with van der Waals surface area (Å²) in [6.07, 6.45) is -0.253. The van der Waals surface area contributed by atoms with Crippen LogP contribution in [0.2, 0.25) is 0 Å². The Labute approximate surface area is 264 Å². The molecule has 0 aliphatic carbocycles. The van der Waals surface area contributed by atoms with E-state index in [4.69, 9.17) is 10.2 Å². The molecule has 8 aromatic rings. The first-order valence-electron chi connectivity index (χ1n) is 15.1. The van der Waals surface area contributed by atoms with E-state index in [0.717, 1.165) is 28.3 Å². The maximum Gasteiger partial charge on any atom is 0.360 e. The minimum absolute atomic E-state index is 0.253. The molecule has 212 valence electrons. The van der Waals surface area contributed by atoms with Gasteiger partial charge in [0.05, 0.1) is 27.4 Å². The fourth-order valence-corrected chi connectivity index (χ4v) is 7.79. The molecule has 6 aromatic carbocycles. The minimum atomic E-state index is -0.253. The number of nitrogens with zero attached hydrogens (tertiary/aromatic N) is 4. The molecule has 1 unspecified atom stereocenters. The molecule has 1 aliphatic rings. The maximum atomic E-state index is 4.78. The van der Waals surface area contributed by atoms with Gasteiger partial charge in [0, 0.05) is 32.0 Å². The van der Waals surface area contributed by atoms with Gasteiger partial charge in [0.15, 0.2) is 0 Å². The third-order valence-corrected chi connectivity index (χ3v) is 9.83. The van der Waals surface area contributed by atoms with Crippen molar-refractivity contribution < 1.29 is 4.58 Å². The van der Waals surface area contributed by atoms with Crippen molar-refractivity contribution in [2.75, 3.05) is 0 Å². The average molecular weight is 596 g/mol. The Morgan fingerprint density at radius 3 is 2.11 bits per heavy atom. The van der Waals surface area contributed by atoms with Crippen molar-refractivity contribution >= 4 is 54.8 Å². The first kappa shape index (κ1) is 25.8. The molecular formula is C40H27N4S+. The molecule has 0 amide bonds. The third kappa shape index (κ3) is 4.24. The number of hydrogen-bond acceptors (Lipinski definition) is 3. The summed E-state index contributed by atoms with van der Waals surface area (Å²) < 4.78 is 5.98. The zero-order chi connectivity index (χ0) is 29.7. The van der Waals surface area contributed by atoms with Crippen molar-refractivity contribution in [1.29, 1.82) is 0 Å². The SMILES string of the molecule is c1ccc(C2=[N+](c3cccc(-n4c5ccccc5c5c6sc(-c7ccccc7)cc6ccc54)c3)C(c3ccccc3)N=N2)cc1. The molecule has 0 radical (unpaired) electrons. The van der Waals surface area contributed by atoms with Gasteiger partial charge in [-0.05, 0) is 58.5 Å². The van der Waals surface area contributed by atoms with E-state index in [1.807, 2.05) is 23.5 Å². The number of amidine groups is 1. The van der Waals surface area contributed by atoms with Crippen LogP contribution >= 0.6 is 11.3 Å². The topological polar surface area (TPSA) is 32.7 Å².